The normalized spacial score (nSPS) is 10.6. The number of benzene rings is 1. The van der Waals surface area contributed by atoms with Crippen molar-refractivity contribution in [2.45, 2.75) is 25.6 Å². The third kappa shape index (κ3) is 6.25. The van der Waals surface area contributed by atoms with Crippen LogP contribution in [0.2, 0.25) is 0 Å². The average Bonchev–Trinajstić information content (AvgIpc) is 2.40. The van der Waals surface area contributed by atoms with Crippen molar-refractivity contribution in [2.24, 2.45) is 5.73 Å². The van der Waals surface area contributed by atoms with E-state index in [0.29, 0.717) is 5.56 Å². The minimum atomic E-state index is -4.32. The first-order valence-electron chi connectivity index (χ1n) is 6.02. The maximum atomic E-state index is 12.0. The van der Waals surface area contributed by atoms with E-state index in [1.807, 2.05) is 0 Å². The SMILES string of the molecule is NCC#Cc1ccccc1CNC(=O)CCC(F)(F)F. The van der Waals surface area contributed by atoms with E-state index < -0.39 is 24.9 Å². The molecule has 1 amide bonds. The van der Waals surface area contributed by atoms with Crippen LogP contribution in [0.4, 0.5) is 13.2 Å². The number of halogens is 3. The maximum absolute atomic E-state index is 12.0. The van der Waals surface area contributed by atoms with Crippen LogP contribution < -0.4 is 11.1 Å². The van der Waals surface area contributed by atoms with Crippen molar-refractivity contribution in [3.8, 4) is 11.8 Å². The quantitative estimate of drug-likeness (QED) is 0.830. The summed E-state index contributed by atoms with van der Waals surface area (Å²) in [7, 11) is 0. The van der Waals surface area contributed by atoms with E-state index in [2.05, 4.69) is 17.2 Å². The van der Waals surface area contributed by atoms with Crippen LogP contribution in [0.25, 0.3) is 0 Å². The van der Waals surface area contributed by atoms with Gasteiger partial charge in [0, 0.05) is 18.5 Å². The third-order valence-corrected chi connectivity index (χ3v) is 2.45. The number of amides is 1. The number of nitrogens with two attached hydrogens (primary N) is 1. The lowest BCUT2D eigenvalue weighted by Gasteiger charge is -2.08. The van der Waals surface area contributed by atoms with E-state index in [0.717, 1.165) is 5.56 Å². The molecule has 20 heavy (non-hydrogen) atoms. The van der Waals surface area contributed by atoms with Crippen LogP contribution in [-0.2, 0) is 11.3 Å². The van der Waals surface area contributed by atoms with Gasteiger partial charge in [0.1, 0.15) is 0 Å². The van der Waals surface area contributed by atoms with Gasteiger partial charge in [-0.25, -0.2) is 0 Å². The lowest BCUT2D eigenvalue weighted by molar-refractivity contribution is -0.144. The lowest BCUT2D eigenvalue weighted by Crippen LogP contribution is -2.24. The zero-order valence-electron chi connectivity index (χ0n) is 10.8. The van der Waals surface area contributed by atoms with Crippen LogP contribution in [-0.4, -0.2) is 18.6 Å². The number of rotatable bonds is 4. The molecule has 3 N–H and O–H groups in total. The minimum Gasteiger partial charge on any atom is -0.352 e. The predicted octanol–water partition coefficient (Wildman–Crippen LogP) is 1.96. The monoisotopic (exact) mass is 284 g/mol. The fraction of sp³-hybridized carbons (Fsp3) is 0.357. The Kier molecular flexibility index (Phi) is 6.07. The van der Waals surface area contributed by atoms with Crippen LogP contribution in [0.1, 0.15) is 24.0 Å². The summed E-state index contributed by atoms with van der Waals surface area (Å²) < 4.78 is 35.9. The Labute approximate surface area is 115 Å². The van der Waals surface area contributed by atoms with E-state index in [9.17, 15) is 18.0 Å². The van der Waals surface area contributed by atoms with Crippen molar-refractivity contribution in [3.05, 3.63) is 35.4 Å². The van der Waals surface area contributed by atoms with E-state index in [-0.39, 0.29) is 13.1 Å². The summed E-state index contributed by atoms with van der Waals surface area (Å²) in [5.74, 6) is 4.91. The van der Waals surface area contributed by atoms with Crippen LogP contribution in [0.15, 0.2) is 24.3 Å². The number of hydrogen-bond donors (Lipinski definition) is 2. The Morgan fingerprint density at radius 2 is 2.00 bits per heavy atom. The smallest absolute Gasteiger partial charge is 0.352 e. The second-order valence-corrected chi connectivity index (χ2v) is 4.05. The summed E-state index contributed by atoms with van der Waals surface area (Å²) in [6.45, 7) is 0.360. The molecule has 6 heteroatoms. The van der Waals surface area contributed by atoms with Gasteiger partial charge in [-0.3, -0.25) is 4.79 Å². The van der Waals surface area contributed by atoms with Crippen LogP contribution in [0.3, 0.4) is 0 Å². The molecule has 0 atom stereocenters. The Bertz CT molecular complexity index is 515. The van der Waals surface area contributed by atoms with Crippen molar-refractivity contribution in [1.82, 2.24) is 5.32 Å². The molecule has 0 aliphatic rings. The van der Waals surface area contributed by atoms with Crippen LogP contribution >= 0.6 is 0 Å². The summed E-state index contributed by atoms with van der Waals surface area (Å²) in [5.41, 5.74) is 6.73. The topological polar surface area (TPSA) is 55.1 Å². The number of alkyl halides is 3. The highest BCUT2D eigenvalue weighted by atomic mass is 19.4. The molecule has 0 bridgehead atoms. The Morgan fingerprint density at radius 1 is 1.30 bits per heavy atom. The summed E-state index contributed by atoms with van der Waals surface area (Å²) in [4.78, 5) is 11.3. The van der Waals surface area contributed by atoms with Gasteiger partial charge in [0.15, 0.2) is 0 Å². The Morgan fingerprint density at radius 3 is 2.65 bits per heavy atom. The van der Waals surface area contributed by atoms with Gasteiger partial charge in [0.2, 0.25) is 5.91 Å². The van der Waals surface area contributed by atoms with Crippen molar-refractivity contribution >= 4 is 5.91 Å². The molecule has 0 radical (unpaired) electrons. The second kappa shape index (κ2) is 7.56. The lowest BCUT2D eigenvalue weighted by atomic mass is 10.1. The molecule has 1 aromatic rings. The molecule has 0 fully saturated rings. The van der Waals surface area contributed by atoms with Crippen LogP contribution in [0, 0.1) is 11.8 Å². The van der Waals surface area contributed by atoms with Gasteiger partial charge in [-0.2, -0.15) is 13.2 Å². The van der Waals surface area contributed by atoms with E-state index in [1.54, 1.807) is 24.3 Å². The molecule has 3 nitrogen and oxygen atoms in total. The predicted molar refractivity (Wildman–Crippen MR) is 69.5 cm³/mol. The molecule has 0 aliphatic heterocycles. The van der Waals surface area contributed by atoms with Gasteiger partial charge >= 0.3 is 6.18 Å². The Balaban J connectivity index is 2.55. The number of nitrogens with one attached hydrogen (secondary N) is 1. The number of carbonyl (C=O) groups excluding carboxylic acids is 1. The highest BCUT2D eigenvalue weighted by molar-refractivity contribution is 5.76. The molecular weight excluding hydrogens is 269 g/mol. The van der Waals surface area contributed by atoms with Crippen molar-refractivity contribution in [3.63, 3.8) is 0 Å². The minimum absolute atomic E-state index is 0.145. The van der Waals surface area contributed by atoms with Crippen molar-refractivity contribution < 1.29 is 18.0 Å². The molecular formula is C14H15F3N2O. The molecule has 0 saturated carbocycles. The van der Waals surface area contributed by atoms with E-state index in [1.165, 1.54) is 0 Å². The fourth-order valence-corrected chi connectivity index (χ4v) is 1.48. The molecule has 0 spiro atoms. The van der Waals surface area contributed by atoms with Gasteiger partial charge in [-0.1, -0.05) is 30.0 Å². The maximum Gasteiger partial charge on any atom is 0.389 e. The van der Waals surface area contributed by atoms with Crippen molar-refractivity contribution in [1.29, 1.82) is 0 Å². The second-order valence-electron chi connectivity index (χ2n) is 4.05. The van der Waals surface area contributed by atoms with Gasteiger partial charge in [0.05, 0.1) is 13.0 Å². The molecule has 0 aliphatic carbocycles. The summed E-state index contributed by atoms with van der Waals surface area (Å²) in [5, 5.41) is 2.45. The number of carbonyl (C=O) groups is 1. The van der Waals surface area contributed by atoms with Crippen molar-refractivity contribution in [2.75, 3.05) is 6.54 Å². The van der Waals surface area contributed by atoms with E-state index >= 15 is 0 Å². The first-order valence-corrected chi connectivity index (χ1v) is 6.02. The fourth-order valence-electron chi connectivity index (χ4n) is 1.48. The standard InChI is InChI=1S/C14H15F3N2O/c15-14(16,17)8-7-13(20)19-10-12-5-2-1-4-11(12)6-3-9-18/h1-2,4-5H,7-10,18H2,(H,19,20). The summed E-state index contributed by atoms with van der Waals surface area (Å²) in [6, 6.07) is 7.07. The molecule has 1 rings (SSSR count). The molecule has 0 unspecified atom stereocenters. The van der Waals surface area contributed by atoms with Crippen LogP contribution in [0.5, 0.6) is 0 Å². The zero-order chi connectivity index (χ0) is 15.0. The summed E-state index contributed by atoms with van der Waals surface area (Å²) in [6.07, 6.45) is -6.00. The van der Waals surface area contributed by atoms with Gasteiger partial charge in [-0.15, -0.1) is 0 Å². The summed E-state index contributed by atoms with van der Waals surface area (Å²) >= 11 is 0. The number of hydrogen-bond acceptors (Lipinski definition) is 2. The van der Waals surface area contributed by atoms with Gasteiger partial charge < -0.3 is 11.1 Å². The van der Waals surface area contributed by atoms with E-state index in [4.69, 9.17) is 5.73 Å². The van der Waals surface area contributed by atoms with Gasteiger partial charge in [0.25, 0.3) is 0 Å². The first kappa shape index (κ1) is 16.1. The highest BCUT2D eigenvalue weighted by Crippen LogP contribution is 2.21. The molecule has 108 valence electrons. The Hall–Kier alpha value is -2.00. The molecule has 0 aromatic heterocycles. The molecule has 0 heterocycles. The molecule has 0 saturated heterocycles. The highest BCUT2D eigenvalue weighted by Gasteiger charge is 2.27. The average molecular weight is 284 g/mol. The zero-order valence-corrected chi connectivity index (χ0v) is 10.8. The first-order chi connectivity index (χ1) is 9.42. The molecule has 1 aromatic carbocycles. The largest absolute Gasteiger partial charge is 0.389 e. The van der Waals surface area contributed by atoms with Gasteiger partial charge in [-0.05, 0) is 11.6 Å². The third-order valence-electron chi connectivity index (χ3n) is 2.45.